The monoisotopic (exact) mass is 380 g/mol. The van der Waals surface area contributed by atoms with Gasteiger partial charge in [0.1, 0.15) is 0 Å². The highest BCUT2D eigenvalue weighted by Gasteiger charge is 2.17. The molecule has 8 heteroatoms. The van der Waals surface area contributed by atoms with Gasteiger partial charge in [0.05, 0.1) is 23.5 Å². The van der Waals surface area contributed by atoms with Gasteiger partial charge in [0, 0.05) is 12.3 Å². The van der Waals surface area contributed by atoms with Gasteiger partial charge in [-0.15, -0.1) is 10.2 Å². The Morgan fingerprint density at radius 1 is 0.929 bits per heavy atom. The number of hydrogen-bond acceptors (Lipinski definition) is 5. The van der Waals surface area contributed by atoms with Gasteiger partial charge >= 0.3 is 6.43 Å². The third kappa shape index (κ3) is 3.57. The lowest BCUT2D eigenvalue weighted by Crippen LogP contribution is -2.21. The molecule has 0 radical (unpaired) electrons. The van der Waals surface area contributed by atoms with E-state index in [1.165, 1.54) is 12.3 Å². The van der Waals surface area contributed by atoms with Crippen LogP contribution in [-0.4, -0.2) is 19.7 Å². The number of benzene rings is 1. The van der Waals surface area contributed by atoms with Crippen molar-refractivity contribution in [2.45, 2.75) is 13.0 Å². The molecule has 3 heterocycles. The molecule has 0 aliphatic rings. The second kappa shape index (κ2) is 7.51. The lowest BCUT2D eigenvalue weighted by Gasteiger charge is -2.12. The van der Waals surface area contributed by atoms with Crippen LogP contribution in [0.5, 0.6) is 0 Å². The minimum absolute atomic E-state index is 0.0313. The summed E-state index contributed by atoms with van der Waals surface area (Å²) in [5.41, 5.74) is 2.60. The highest BCUT2D eigenvalue weighted by molar-refractivity contribution is 5.59. The Morgan fingerprint density at radius 2 is 1.75 bits per heavy atom. The summed E-state index contributed by atoms with van der Waals surface area (Å²) in [4.78, 5) is 16.7. The van der Waals surface area contributed by atoms with Crippen molar-refractivity contribution in [2.75, 3.05) is 0 Å². The van der Waals surface area contributed by atoms with E-state index in [0.717, 1.165) is 11.3 Å². The standard InChI is InChI=1S/C20H14F2N4O2/c21-18(22)20-25-24-19(28-20)14-9-10-15(23-11-14)12-26-16(7-4-8-17(26)27)13-5-2-1-3-6-13/h1-11,18H,12H2. The third-order valence-corrected chi connectivity index (χ3v) is 4.14. The largest absolute Gasteiger partial charge is 0.415 e. The predicted octanol–water partition coefficient (Wildman–Crippen LogP) is 3.95. The highest BCUT2D eigenvalue weighted by Crippen LogP contribution is 2.23. The Kier molecular flexibility index (Phi) is 4.76. The molecule has 0 fully saturated rings. The van der Waals surface area contributed by atoms with Crippen LogP contribution in [0.4, 0.5) is 8.78 Å². The summed E-state index contributed by atoms with van der Waals surface area (Å²) in [5, 5.41) is 6.90. The van der Waals surface area contributed by atoms with Crippen molar-refractivity contribution >= 4 is 0 Å². The number of alkyl halides is 2. The van der Waals surface area contributed by atoms with E-state index in [0.29, 0.717) is 11.3 Å². The Morgan fingerprint density at radius 3 is 2.43 bits per heavy atom. The zero-order chi connectivity index (χ0) is 19.5. The lowest BCUT2D eigenvalue weighted by atomic mass is 10.1. The van der Waals surface area contributed by atoms with Crippen molar-refractivity contribution in [1.82, 2.24) is 19.7 Å². The molecule has 0 spiro atoms. The Bertz CT molecular complexity index is 1140. The van der Waals surface area contributed by atoms with Crippen LogP contribution in [-0.2, 0) is 6.54 Å². The summed E-state index contributed by atoms with van der Waals surface area (Å²) in [6.45, 7) is 0.260. The van der Waals surface area contributed by atoms with Gasteiger partial charge in [-0.05, 0) is 23.8 Å². The molecule has 0 unspecified atom stereocenters. The van der Waals surface area contributed by atoms with Crippen molar-refractivity contribution in [2.24, 2.45) is 0 Å². The summed E-state index contributed by atoms with van der Waals surface area (Å²) < 4.78 is 31.7. The number of halogens is 2. The van der Waals surface area contributed by atoms with E-state index in [2.05, 4.69) is 15.2 Å². The molecule has 4 aromatic rings. The highest BCUT2D eigenvalue weighted by atomic mass is 19.3. The van der Waals surface area contributed by atoms with Gasteiger partial charge < -0.3 is 8.98 Å². The van der Waals surface area contributed by atoms with Gasteiger partial charge in [-0.3, -0.25) is 9.78 Å². The normalized spacial score (nSPS) is 11.1. The van der Waals surface area contributed by atoms with E-state index in [1.54, 1.807) is 22.8 Å². The van der Waals surface area contributed by atoms with Gasteiger partial charge in [-0.2, -0.15) is 8.78 Å². The van der Waals surface area contributed by atoms with Crippen LogP contribution < -0.4 is 5.56 Å². The molecule has 4 rings (SSSR count). The number of pyridine rings is 2. The summed E-state index contributed by atoms with van der Waals surface area (Å²) in [5.74, 6) is -0.765. The Hall–Kier alpha value is -3.68. The molecule has 140 valence electrons. The Balaban J connectivity index is 1.63. The molecule has 28 heavy (non-hydrogen) atoms. The van der Waals surface area contributed by atoms with Gasteiger partial charge in [-0.25, -0.2) is 0 Å². The van der Waals surface area contributed by atoms with E-state index >= 15 is 0 Å². The van der Waals surface area contributed by atoms with Gasteiger partial charge in [0.15, 0.2) is 0 Å². The molecule has 0 bridgehead atoms. The number of rotatable bonds is 5. The van der Waals surface area contributed by atoms with E-state index in [9.17, 15) is 13.6 Å². The first-order valence-electron chi connectivity index (χ1n) is 8.44. The molecule has 0 atom stereocenters. The molecule has 1 aromatic carbocycles. The first-order valence-corrected chi connectivity index (χ1v) is 8.44. The molecule has 0 saturated heterocycles. The molecule has 3 aromatic heterocycles. The van der Waals surface area contributed by atoms with E-state index in [4.69, 9.17) is 4.42 Å². The van der Waals surface area contributed by atoms with Crippen LogP contribution in [0.1, 0.15) is 18.0 Å². The van der Waals surface area contributed by atoms with Crippen LogP contribution in [0.3, 0.4) is 0 Å². The number of nitrogens with zero attached hydrogens (tertiary/aromatic N) is 4. The van der Waals surface area contributed by atoms with E-state index in [1.807, 2.05) is 36.4 Å². The van der Waals surface area contributed by atoms with Crippen LogP contribution in [0.15, 0.2) is 76.1 Å². The summed E-state index contributed by atoms with van der Waals surface area (Å²) in [6, 6.07) is 18.0. The minimum Gasteiger partial charge on any atom is -0.415 e. The van der Waals surface area contributed by atoms with E-state index in [-0.39, 0.29) is 18.0 Å². The first kappa shape index (κ1) is 17.7. The van der Waals surface area contributed by atoms with Gasteiger partial charge in [0.25, 0.3) is 11.4 Å². The predicted molar refractivity (Wildman–Crippen MR) is 97.7 cm³/mol. The smallest absolute Gasteiger partial charge is 0.314 e. The topological polar surface area (TPSA) is 73.8 Å². The van der Waals surface area contributed by atoms with Crippen molar-refractivity contribution < 1.29 is 13.2 Å². The molecule has 0 aliphatic carbocycles. The number of hydrogen-bond donors (Lipinski definition) is 0. The van der Waals surface area contributed by atoms with Crippen LogP contribution in [0.2, 0.25) is 0 Å². The molecular formula is C20H14F2N4O2. The molecule has 0 amide bonds. The Labute approximate surface area is 158 Å². The average Bonchev–Trinajstić information content (AvgIpc) is 3.21. The van der Waals surface area contributed by atoms with Crippen LogP contribution in [0.25, 0.3) is 22.7 Å². The molecule has 0 aliphatic heterocycles. The fourth-order valence-corrected chi connectivity index (χ4v) is 2.79. The lowest BCUT2D eigenvalue weighted by molar-refractivity contribution is 0.116. The quantitative estimate of drug-likeness (QED) is 0.524. The fourth-order valence-electron chi connectivity index (χ4n) is 2.79. The maximum Gasteiger partial charge on any atom is 0.314 e. The maximum atomic E-state index is 12.6. The van der Waals surface area contributed by atoms with Crippen molar-refractivity contribution in [3.63, 3.8) is 0 Å². The van der Waals surface area contributed by atoms with Crippen LogP contribution >= 0.6 is 0 Å². The summed E-state index contributed by atoms with van der Waals surface area (Å²) in [7, 11) is 0. The molecule has 0 N–H and O–H groups in total. The van der Waals surface area contributed by atoms with Gasteiger partial charge in [0.2, 0.25) is 5.89 Å². The number of aromatic nitrogens is 4. The van der Waals surface area contributed by atoms with Crippen LogP contribution in [0, 0.1) is 0 Å². The third-order valence-electron chi connectivity index (χ3n) is 4.14. The average molecular weight is 380 g/mol. The maximum absolute atomic E-state index is 12.6. The zero-order valence-corrected chi connectivity index (χ0v) is 14.5. The van der Waals surface area contributed by atoms with E-state index < -0.39 is 12.3 Å². The van der Waals surface area contributed by atoms with Crippen molar-refractivity contribution in [3.8, 4) is 22.7 Å². The second-order valence-corrected chi connectivity index (χ2v) is 5.99. The second-order valence-electron chi connectivity index (χ2n) is 5.99. The summed E-state index contributed by atoms with van der Waals surface area (Å²) >= 11 is 0. The molecular weight excluding hydrogens is 366 g/mol. The fraction of sp³-hybridized carbons (Fsp3) is 0.100. The molecule has 6 nitrogen and oxygen atoms in total. The molecule has 0 saturated carbocycles. The SMILES string of the molecule is O=c1cccc(-c2ccccc2)n1Cc1ccc(-c2nnc(C(F)F)o2)cn1. The van der Waals surface area contributed by atoms with Gasteiger partial charge in [-0.1, -0.05) is 36.4 Å². The first-order chi connectivity index (χ1) is 13.6. The summed E-state index contributed by atoms with van der Waals surface area (Å²) in [6.07, 6.45) is -1.37. The van der Waals surface area contributed by atoms with Crippen molar-refractivity contribution in [3.05, 3.63) is 88.8 Å². The zero-order valence-electron chi connectivity index (χ0n) is 14.5. The minimum atomic E-state index is -2.82. The van der Waals surface area contributed by atoms with Crippen molar-refractivity contribution in [1.29, 1.82) is 0 Å².